The van der Waals surface area contributed by atoms with Gasteiger partial charge >= 0.3 is 5.97 Å². The summed E-state index contributed by atoms with van der Waals surface area (Å²) < 4.78 is 0. The zero-order valence-corrected chi connectivity index (χ0v) is 18.2. The number of nitrogens with one attached hydrogen (secondary N) is 2. The Balaban J connectivity index is 1.28. The molecule has 5 N–H and O–H groups in total. The van der Waals surface area contributed by atoms with Gasteiger partial charge in [-0.2, -0.15) is 0 Å². The number of carboxylic acids is 1. The molecular formula is C26H26N4O3. The van der Waals surface area contributed by atoms with Gasteiger partial charge in [-0.25, -0.2) is 0 Å². The number of carboxylic acid groups (broad SMARTS) is 1. The number of carbonyl (C=O) groups is 2. The van der Waals surface area contributed by atoms with E-state index in [9.17, 15) is 9.59 Å². The Morgan fingerprint density at radius 2 is 1.82 bits per heavy atom. The Morgan fingerprint density at radius 3 is 2.55 bits per heavy atom. The molecule has 0 unspecified atom stereocenters. The topological polar surface area (TPSA) is 129 Å². The number of aliphatic carboxylic acids is 1. The molecule has 0 saturated heterocycles. The van der Waals surface area contributed by atoms with Gasteiger partial charge in [0, 0.05) is 41.0 Å². The summed E-state index contributed by atoms with van der Waals surface area (Å²) in [5, 5.41) is 22.7. The van der Waals surface area contributed by atoms with Gasteiger partial charge in [0.25, 0.3) is 5.91 Å². The molecule has 1 spiro atoms. The maximum atomic E-state index is 12.9. The molecule has 1 heterocycles. The zero-order valence-electron chi connectivity index (χ0n) is 18.2. The van der Waals surface area contributed by atoms with E-state index in [-0.39, 0.29) is 23.1 Å². The van der Waals surface area contributed by atoms with Crippen LogP contribution in [-0.4, -0.2) is 33.7 Å². The quantitative estimate of drug-likeness (QED) is 0.343. The first kappa shape index (κ1) is 21.1. The van der Waals surface area contributed by atoms with Crippen LogP contribution in [0, 0.1) is 16.7 Å². The van der Waals surface area contributed by atoms with Crippen LogP contribution < -0.4 is 11.1 Å². The number of nitrogen functional groups attached to an aromatic ring is 1. The summed E-state index contributed by atoms with van der Waals surface area (Å²) in [6.45, 7) is 0. The number of carbonyl (C=O) groups excluding carboxylic acids is 1. The van der Waals surface area contributed by atoms with E-state index >= 15 is 0 Å². The van der Waals surface area contributed by atoms with E-state index < -0.39 is 11.9 Å². The highest BCUT2D eigenvalue weighted by molar-refractivity contribution is 6.45. The number of anilines is 1. The second-order valence-electron chi connectivity index (χ2n) is 9.48. The molecule has 33 heavy (non-hydrogen) atoms. The Labute approximate surface area is 191 Å². The van der Waals surface area contributed by atoms with Crippen LogP contribution >= 0.6 is 0 Å². The maximum absolute atomic E-state index is 12.9. The molecule has 2 saturated carbocycles. The van der Waals surface area contributed by atoms with E-state index in [4.69, 9.17) is 16.2 Å². The molecule has 0 aliphatic heterocycles. The molecule has 7 heteroatoms. The second-order valence-corrected chi connectivity index (χ2v) is 9.48. The minimum absolute atomic E-state index is 0.0249. The van der Waals surface area contributed by atoms with Gasteiger partial charge in [-0.15, -0.1) is 0 Å². The summed E-state index contributed by atoms with van der Waals surface area (Å²) in [7, 11) is 0. The summed E-state index contributed by atoms with van der Waals surface area (Å²) in [4.78, 5) is 28.5. The molecule has 0 atom stereocenters. The molecule has 5 rings (SSSR count). The molecule has 1 amide bonds. The lowest BCUT2D eigenvalue weighted by Crippen LogP contribution is -2.58. The van der Waals surface area contributed by atoms with Crippen LogP contribution in [0.5, 0.6) is 0 Å². The predicted molar refractivity (Wildman–Crippen MR) is 126 cm³/mol. The number of nitrogens with two attached hydrogens (primary N) is 1. The standard InChI is InChI=1S/C26H26N4O3/c27-21-7-3-6-16(9-19-8-15-4-1-2-5-17(15)14-29-19)22(21)23(28)24(31)30-20-12-26(13-20)10-18(11-26)25(32)33/h1-8,14,18,20,28H,9-13,27H2,(H,30,31)(H,32,33). The fraction of sp³-hybridized carbons (Fsp3) is 0.308. The lowest BCUT2D eigenvalue weighted by molar-refractivity contribution is -0.156. The van der Waals surface area contributed by atoms with Crippen LogP contribution in [0.3, 0.4) is 0 Å². The predicted octanol–water partition coefficient (Wildman–Crippen LogP) is 3.54. The summed E-state index contributed by atoms with van der Waals surface area (Å²) in [6.07, 6.45) is 5.20. The van der Waals surface area contributed by atoms with Crippen molar-refractivity contribution in [3.8, 4) is 0 Å². The van der Waals surface area contributed by atoms with E-state index in [2.05, 4.69) is 10.3 Å². The van der Waals surface area contributed by atoms with Crippen LogP contribution in [-0.2, 0) is 16.0 Å². The molecule has 0 radical (unpaired) electrons. The lowest BCUT2D eigenvalue weighted by atomic mass is 9.50. The summed E-state index contributed by atoms with van der Waals surface area (Å²) in [6, 6.07) is 15.4. The highest BCUT2D eigenvalue weighted by atomic mass is 16.4. The monoisotopic (exact) mass is 442 g/mol. The van der Waals surface area contributed by atoms with Crippen LogP contribution in [0.15, 0.2) is 54.7 Å². The first-order valence-corrected chi connectivity index (χ1v) is 11.2. The van der Waals surface area contributed by atoms with Crippen molar-refractivity contribution < 1.29 is 14.7 Å². The molecule has 2 fully saturated rings. The summed E-state index contributed by atoms with van der Waals surface area (Å²) in [5.74, 6) is -1.44. The van der Waals surface area contributed by atoms with E-state index in [1.54, 1.807) is 6.07 Å². The fourth-order valence-corrected chi connectivity index (χ4v) is 5.45. The normalized spacial score (nSPS) is 23.5. The number of rotatable bonds is 6. The Kier molecular flexibility index (Phi) is 5.12. The Morgan fingerprint density at radius 1 is 1.09 bits per heavy atom. The van der Waals surface area contributed by atoms with Crippen molar-refractivity contribution in [1.82, 2.24) is 10.3 Å². The minimum atomic E-state index is -0.733. The van der Waals surface area contributed by atoms with E-state index in [0.717, 1.165) is 34.9 Å². The van der Waals surface area contributed by atoms with E-state index in [1.807, 2.05) is 48.7 Å². The van der Waals surface area contributed by atoms with E-state index in [0.29, 0.717) is 30.5 Å². The third-order valence-corrected chi connectivity index (χ3v) is 7.12. The molecule has 3 aromatic rings. The van der Waals surface area contributed by atoms with Gasteiger partial charge < -0.3 is 16.2 Å². The smallest absolute Gasteiger partial charge is 0.306 e. The van der Waals surface area contributed by atoms with Gasteiger partial charge in [0.2, 0.25) is 0 Å². The highest BCUT2D eigenvalue weighted by Crippen LogP contribution is 2.58. The number of nitrogens with zero attached hydrogens (tertiary/aromatic N) is 1. The lowest BCUT2D eigenvalue weighted by Gasteiger charge is -2.56. The van der Waals surface area contributed by atoms with Gasteiger partial charge in [0.05, 0.1) is 5.92 Å². The van der Waals surface area contributed by atoms with E-state index in [1.165, 1.54) is 0 Å². The zero-order chi connectivity index (χ0) is 23.2. The molecule has 2 aromatic carbocycles. The van der Waals surface area contributed by atoms with Gasteiger partial charge in [0.15, 0.2) is 0 Å². The van der Waals surface area contributed by atoms with Gasteiger partial charge in [0.1, 0.15) is 5.71 Å². The van der Waals surface area contributed by atoms with Crippen LogP contribution in [0.2, 0.25) is 0 Å². The molecule has 2 aliphatic carbocycles. The first-order valence-electron chi connectivity index (χ1n) is 11.2. The van der Waals surface area contributed by atoms with Gasteiger partial charge in [-0.1, -0.05) is 36.4 Å². The largest absolute Gasteiger partial charge is 0.481 e. The number of aromatic nitrogens is 1. The number of hydrogen-bond acceptors (Lipinski definition) is 5. The molecule has 0 bridgehead atoms. The third kappa shape index (κ3) is 3.95. The van der Waals surface area contributed by atoms with Gasteiger partial charge in [-0.05, 0) is 54.2 Å². The Hall–Kier alpha value is -3.74. The summed E-state index contributed by atoms with van der Waals surface area (Å²) >= 11 is 0. The summed E-state index contributed by atoms with van der Waals surface area (Å²) in [5.41, 5.74) is 8.56. The van der Waals surface area contributed by atoms with Crippen LogP contribution in [0.25, 0.3) is 10.8 Å². The molecule has 168 valence electrons. The first-order chi connectivity index (χ1) is 15.8. The Bertz CT molecular complexity index is 1270. The highest BCUT2D eigenvalue weighted by Gasteiger charge is 2.55. The van der Waals surface area contributed by atoms with Crippen LogP contribution in [0.1, 0.15) is 42.5 Å². The third-order valence-electron chi connectivity index (χ3n) is 7.12. The van der Waals surface area contributed by atoms with Crippen molar-refractivity contribution in [2.45, 2.75) is 38.1 Å². The number of hydrogen-bond donors (Lipinski definition) is 4. The molecule has 7 nitrogen and oxygen atoms in total. The van der Waals surface area contributed by atoms with Crippen LogP contribution in [0.4, 0.5) is 5.69 Å². The average molecular weight is 443 g/mol. The van der Waals surface area contributed by atoms with Crippen molar-refractivity contribution in [2.75, 3.05) is 5.73 Å². The molecule has 2 aliphatic rings. The van der Waals surface area contributed by atoms with Crippen molar-refractivity contribution in [1.29, 1.82) is 5.41 Å². The maximum Gasteiger partial charge on any atom is 0.306 e. The number of pyridine rings is 1. The second kappa shape index (κ2) is 7.99. The number of benzene rings is 2. The number of fused-ring (bicyclic) bond motifs is 1. The SMILES string of the molecule is N=C(C(=O)NC1CC2(C1)CC(C(=O)O)C2)c1c(N)cccc1Cc1cc2ccccc2cn1. The number of amides is 1. The van der Waals surface area contributed by atoms with Crippen molar-refractivity contribution in [3.05, 3.63) is 71.5 Å². The fourth-order valence-electron chi connectivity index (χ4n) is 5.45. The van der Waals surface area contributed by atoms with Gasteiger partial charge in [-0.3, -0.25) is 20.0 Å². The average Bonchev–Trinajstić information content (AvgIpc) is 2.73. The molecule has 1 aromatic heterocycles. The van der Waals surface area contributed by atoms with Crippen molar-refractivity contribution in [3.63, 3.8) is 0 Å². The van der Waals surface area contributed by atoms with Crippen molar-refractivity contribution in [2.24, 2.45) is 11.3 Å². The van der Waals surface area contributed by atoms with Crippen molar-refractivity contribution >= 4 is 34.0 Å². The molecular weight excluding hydrogens is 416 g/mol. The minimum Gasteiger partial charge on any atom is -0.481 e.